The van der Waals surface area contributed by atoms with Crippen molar-refractivity contribution in [2.45, 2.75) is 13.3 Å². The molecule has 27 heavy (non-hydrogen) atoms. The van der Waals surface area contributed by atoms with Gasteiger partial charge in [-0.1, -0.05) is 124 Å². The topological polar surface area (TPSA) is 17.1 Å². The highest BCUT2D eigenvalue weighted by Crippen LogP contribution is 2.58. The largest absolute Gasteiger partial charge is 0.309 e. The summed E-state index contributed by atoms with van der Waals surface area (Å²) >= 11 is 7.26. The van der Waals surface area contributed by atoms with Gasteiger partial charge in [0.15, 0.2) is 7.14 Å². The van der Waals surface area contributed by atoms with Crippen LogP contribution in [-0.2, 0) is 11.0 Å². The van der Waals surface area contributed by atoms with Crippen molar-refractivity contribution in [3.8, 4) is 0 Å². The van der Waals surface area contributed by atoms with Crippen LogP contribution in [0.2, 0.25) is 0 Å². The minimum absolute atomic E-state index is 0.599. The number of benzene rings is 3. The summed E-state index contributed by atoms with van der Waals surface area (Å²) in [5, 5.41) is 3.12. The van der Waals surface area contributed by atoms with Crippen LogP contribution in [0.5, 0.6) is 0 Å². The molecule has 0 N–H and O–H groups in total. The zero-order valence-electron chi connectivity index (χ0n) is 15.1. The fourth-order valence-electron chi connectivity index (χ4n) is 3.15. The van der Waals surface area contributed by atoms with E-state index in [1.165, 1.54) is 5.56 Å². The van der Waals surface area contributed by atoms with Crippen molar-refractivity contribution < 1.29 is 4.57 Å². The Morgan fingerprint density at radius 1 is 0.815 bits per heavy atom. The fourth-order valence-corrected chi connectivity index (χ4v) is 7.56. The standard InChI is InChI=1S/C23H21Br2OP/c1-2-18-13-15-19(16-14-18)23(22(25)17-24)27(26,20-9-5-3-6-10-20)21-11-7-4-8-12-21/h3-16H,2,17H2,1H3/b23-22-. The third kappa shape index (κ3) is 4.21. The van der Waals surface area contributed by atoms with Crippen molar-refractivity contribution in [2.75, 3.05) is 5.33 Å². The summed E-state index contributed by atoms with van der Waals surface area (Å²) in [6.45, 7) is 2.14. The number of hydrogen-bond donors (Lipinski definition) is 0. The third-order valence-electron chi connectivity index (χ3n) is 4.56. The molecule has 0 saturated heterocycles. The molecule has 0 atom stereocenters. The van der Waals surface area contributed by atoms with Crippen molar-refractivity contribution in [3.63, 3.8) is 0 Å². The van der Waals surface area contributed by atoms with Gasteiger partial charge in [-0.05, 0) is 17.5 Å². The fraction of sp³-hybridized carbons (Fsp3) is 0.130. The highest BCUT2D eigenvalue weighted by molar-refractivity contribution is 9.13. The van der Waals surface area contributed by atoms with Gasteiger partial charge in [-0.15, -0.1) is 0 Å². The molecule has 0 bridgehead atoms. The summed E-state index contributed by atoms with van der Waals surface area (Å²) in [7, 11) is -3.05. The first-order valence-corrected chi connectivity index (χ1v) is 12.5. The lowest BCUT2D eigenvalue weighted by Crippen LogP contribution is -2.17. The molecular formula is C23H21Br2OP. The summed E-state index contributed by atoms with van der Waals surface area (Å²) in [5.74, 6) is 0. The maximum Gasteiger partial charge on any atom is 0.172 e. The first-order valence-electron chi connectivity index (χ1n) is 8.87. The van der Waals surface area contributed by atoms with Gasteiger partial charge in [0.1, 0.15) is 0 Å². The molecule has 0 unspecified atom stereocenters. The summed E-state index contributed by atoms with van der Waals surface area (Å²) in [5.41, 5.74) is 2.25. The molecule has 3 rings (SSSR count). The average molecular weight is 504 g/mol. The summed E-state index contributed by atoms with van der Waals surface area (Å²) < 4.78 is 15.7. The second kappa shape index (κ2) is 9.19. The van der Waals surface area contributed by atoms with E-state index in [2.05, 4.69) is 63.0 Å². The van der Waals surface area contributed by atoms with E-state index in [0.29, 0.717) is 5.33 Å². The van der Waals surface area contributed by atoms with Crippen LogP contribution < -0.4 is 10.6 Å². The number of aryl methyl sites for hydroxylation is 1. The van der Waals surface area contributed by atoms with Crippen LogP contribution in [-0.4, -0.2) is 5.33 Å². The van der Waals surface area contributed by atoms with E-state index in [4.69, 9.17) is 0 Å². The quantitative estimate of drug-likeness (QED) is 0.269. The maximum atomic E-state index is 14.8. The normalized spacial score (nSPS) is 12.6. The van der Waals surface area contributed by atoms with Crippen LogP contribution in [0.25, 0.3) is 5.31 Å². The molecule has 0 aromatic heterocycles. The molecule has 0 fully saturated rings. The maximum absolute atomic E-state index is 14.8. The molecule has 1 nitrogen and oxygen atoms in total. The molecule has 0 aliphatic carbocycles. The van der Waals surface area contributed by atoms with Gasteiger partial charge in [-0.25, -0.2) is 0 Å². The summed E-state index contributed by atoms with van der Waals surface area (Å²) in [6.07, 6.45) is 0.980. The lowest BCUT2D eigenvalue weighted by Gasteiger charge is -2.24. The van der Waals surface area contributed by atoms with Crippen molar-refractivity contribution in [1.29, 1.82) is 0 Å². The Morgan fingerprint density at radius 2 is 1.30 bits per heavy atom. The van der Waals surface area contributed by atoms with E-state index < -0.39 is 7.14 Å². The van der Waals surface area contributed by atoms with E-state index in [1.54, 1.807) is 0 Å². The average Bonchev–Trinajstić information content (AvgIpc) is 2.75. The van der Waals surface area contributed by atoms with Crippen LogP contribution in [0, 0.1) is 0 Å². The molecule has 3 aromatic rings. The molecular weight excluding hydrogens is 483 g/mol. The molecule has 0 radical (unpaired) electrons. The van der Waals surface area contributed by atoms with E-state index in [0.717, 1.165) is 32.4 Å². The van der Waals surface area contributed by atoms with Gasteiger partial charge in [0.05, 0.1) is 0 Å². The predicted octanol–water partition coefficient (Wildman–Crippen LogP) is 6.72. The molecule has 0 heterocycles. The van der Waals surface area contributed by atoms with Crippen molar-refractivity contribution in [3.05, 3.63) is 101 Å². The third-order valence-corrected chi connectivity index (χ3v) is 10.1. The Kier molecular flexibility index (Phi) is 6.92. The SMILES string of the molecule is CCc1ccc(/C(=C(/Br)CBr)P(=O)(c2ccccc2)c2ccccc2)cc1. The number of allylic oxidation sites excluding steroid dienone is 1. The molecule has 0 aliphatic rings. The van der Waals surface area contributed by atoms with Crippen molar-refractivity contribution in [1.82, 2.24) is 0 Å². The lowest BCUT2D eigenvalue weighted by atomic mass is 10.1. The number of alkyl halides is 1. The summed E-state index contributed by atoms with van der Waals surface area (Å²) in [6, 6.07) is 27.9. The van der Waals surface area contributed by atoms with Crippen molar-refractivity contribution in [2.24, 2.45) is 0 Å². The number of hydrogen-bond acceptors (Lipinski definition) is 1. The van der Waals surface area contributed by atoms with Crippen LogP contribution >= 0.6 is 39.0 Å². The Hall–Kier alpha value is -1.41. The van der Waals surface area contributed by atoms with Crippen LogP contribution in [0.3, 0.4) is 0 Å². The molecule has 138 valence electrons. The van der Waals surface area contributed by atoms with Gasteiger partial charge >= 0.3 is 0 Å². The van der Waals surface area contributed by atoms with E-state index >= 15 is 0 Å². The van der Waals surface area contributed by atoms with E-state index in [-0.39, 0.29) is 0 Å². The first-order chi connectivity index (χ1) is 13.1. The smallest absolute Gasteiger partial charge is 0.172 e. The Bertz CT molecular complexity index is 921. The van der Waals surface area contributed by atoms with E-state index in [9.17, 15) is 4.57 Å². The van der Waals surface area contributed by atoms with Crippen LogP contribution in [0.15, 0.2) is 89.4 Å². The Labute approximate surface area is 178 Å². The summed E-state index contributed by atoms with van der Waals surface area (Å²) in [4.78, 5) is 0. The molecule has 0 spiro atoms. The number of halogens is 2. The molecule has 0 saturated carbocycles. The Morgan fingerprint density at radius 3 is 1.70 bits per heavy atom. The van der Waals surface area contributed by atoms with Crippen LogP contribution in [0.1, 0.15) is 18.1 Å². The number of rotatable bonds is 6. The first kappa shape index (κ1) is 20.3. The minimum Gasteiger partial charge on any atom is -0.309 e. The van der Waals surface area contributed by atoms with Gasteiger partial charge in [0.25, 0.3) is 0 Å². The second-order valence-corrected chi connectivity index (χ2v) is 10.4. The molecule has 0 amide bonds. The van der Waals surface area contributed by atoms with Gasteiger partial charge in [0.2, 0.25) is 0 Å². The van der Waals surface area contributed by atoms with Gasteiger partial charge in [0, 0.05) is 25.7 Å². The predicted molar refractivity (Wildman–Crippen MR) is 125 cm³/mol. The lowest BCUT2D eigenvalue weighted by molar-refractivity contribution is 0.593. The highest BCUT2D eigenvalue weighted by atomic mass is 79.9. The zero-order valence-corrected chi connectivity index (χ0v) is 19.2. The van der Waals surface area contributed by atoms with Gasteiger partial charge < -0.3 is 4.57 Å². The van der Waals surface area contributed by atoms with Crippen molar-refractivity contribution >= 4 is 54.9 Å². The molecule has 4 heteroatoms. The molecule has 3 aromatic carbocycles. The van der Waals surface area contributed by atoms with Crippen LogP contribution in [0.4, 0.5) is 0 Å². The molecule has 0 aliphatic heterocycles. The van der Waals surface area contributed by atoms with E-state index in [1.807, 2.05) is 60.7 Å². The minimum atomic E-state index is -3.05. The Balaban J connectivity index is 2.32. The van der Waals surface area contributed by atoms with Gasteiger partial charge in [-0.3, -0.25) is 0 Å². The second-order valence-electron chi connectivity index (χ2n) is 6.22. The highest BCUT2D eigenvalue weighted by Gasteiger charge is 2.34. The monoisotopic (exact) mass is 502 g/mol. The van der Waals surface area contributed by atoms with Gasteiger partial charge in [-0.2, -0.15) is 0 Å². The zero-order chi connectivity index (χ0) is 19.3.